The summed E-state index contributed by atoms with van der Waals surface area (Å²) in [6.07, 6.45) is 2.32. The molecule has 0 aromatic heterocycles. The van der Waals surface area contributed by atoms with Crippen molar-refractivity contribution in [3.63, 3.8) is 0 Å². The molecular weight excluding hydrogens is 498 g/mol. The van der Waals surface area contributed by atoms with Crippen molar-refractivity contribution in [2.75, 3.05) is 37.8 Å². The summed E-state index contributed by atoms with van der Waals surface area (Å²) in [5.41, 5.74) is 11.4. The van der Waals surface area contributed by atoms with Gasteiger partial charge in [-0.1, -0.05) is 35.9 Å². The van der Waals surface area contributed by atoms with E-state index in [0.29, 0.717) is 29.1 Å². The van der Waals surface area contributed by atoms with Gasteiger partial charge in [0.05, 0.1) is 6.67 Å². The molecule has 0 aliphatic carbocycles. The van der Waals surface area contributed by atoms with E-state index < -0.39 is 0 Å². The Balaban J connectivity index is 1.49. The molecule has 2 aliphatic heterocycles. The van der Waals surface area contributed by atoms with Crippen molar-refractivity contribution in [3.05, 3.63) is 88.2 Å². The lowest BCUT2D eigenvalue weighted by Gasteiger charge is -2.19. The van der Waals surface area contributed by atoms with Gasteiger partial charge >= 0.3 is 0 Å². The molecule has 2 N–H and O–H groups in total. The number of alkyl halides is 1. The number of anilines is 1. The van der Waals surface area contributed by atoms with E-state index in [1.54, 1.807) is 23.9 Å². The highest BCUT2D eigenvalue weighted by Gasteiger charge is 2.25. The van der Waals surface area contributed by atoms with Crippen molar-refractivity contribution in [1.29, 1.82) is 0 Å². The zero-order valence-corrected chi connectivity index (χ0v) is 21.6. The second-order valence-corrected chi connectivity index (χ2v) is 10.8. The Labute approximate surface area is 220 Å². The predicted octanol–water partition coefficient (Wildman–Crippen LogP) is 7.33. The summed E-state index contributed by atoms with van der Waals surface area (Å²) in [6.45, 7) is 2.24. The van der Waals surface area contributed by atoms with Gasteiger partial charge in [-0.2, -0.15) is 0 Å². The van der Waals surface area contributed by atoms with E-state index in [1.807, 2.05) is 42.5 Å². The largest absolute Gasteiger partial charge is 0.489 e. The van der Waals surface area contributed by atoms with E-state index >= 15 is 4.39 Å². The Hall–Kier alpha value is -2.54. The van der Waals surface area contributed by atoms with E-state index in [0.717, 1.165) is 64.7 Å². The third-order valence-corrected chi connectivity index (χ3v) is 8.02. The van der Waals surface area contributed by atoms with Gasteiger partial charge in [0.15, 0.2) is 0 Å². The lowest BCUT2D eigenvalue weighted by Crippen LogP contribution is -2.26. The highest BCUT2D eigenvalue weighted by atomic mass is 35.5. The standard InChI is InChI=1S/C29H29ClF2N2OS/c30-20-4-8-24(27(32)16-20)25-11-15-36-28-17-21(33)5-9-26(28)29(25)19-2-6-22(7-3-19)35-23-10-14-34(18-23)13-1-12-31/h2-9,16-17,23H,1,10-15,18,33H2. The zero-order valence-electron chi connectivity index (χ0n) is 20.0. The van der Waals surface area contributed by atoms with Gasteiger partial charge in [0.1, 0.15) is 17.7 Å². The van der Waals surface area contributed by atoms with Crippen LogP contribution in [0, 0.1) is 5.82 Å². The van der Waals surface area contributed by atoms with E-state index in [9.17, 15) is 4.39 Å². The summed E-state index contributed by atoms with van der Waals surface area (Å²) in [5, 5.41) is 0.381. The Morgan fingerprint density at radius 1 is 1.06 bits per heavy atom. The molecule has 0 amide bonds. The first-order chi connectivity index (χ1) is 17.5. The average molecular weight is 527 g/mol. The second-order valence-electron chi connectivity index (χ2n) is 9.23. The van der Waals surface area contributed by atoms with Crippen LogP contribution in [0.15, 0.2) is 65.6 Å². The lowest BCUT2D eigenvalue weighted by atomic mass is 9.88. The van der Waals surface area contributed by atoms with E-state index in [4.69, 9.17) is 22.1 Å². The minimum absolute atomic E-state index is 0.103. The monoisotopic (exact) mass is 526 g/mol. The summed E-state index contributed by atoms with van der Waals surface area (Å²) >= 11 is 7.79. The molecule has 2 aliphatic rings. The van der Waals surface area contributed by atoms with Crippen LogP contribution < -0.4 is 10.5 Å². The topological polar surface area (TPSA) is 38.5 Å². The summed E-state index contributed by atoms with van der Waals surface area (Å²) in [7, 11) is 0. The molecule has 0 saturated carbocycles. The number of likely N-dealkylation sites (tertiary alicyclic amines) is 1. The van der Waals surface area contributed by atoms with Crippen molar-refractivity contribution < 1.29 is 13.5 Å². The van der Waals surface area contributed by atoms with Crippen molar-refractivity contribution in [2.45, 2.75) is 30.3 Å². The van der Waals surface area contributed by atoms with E-state index in [2.05, 4.69) is 4.90 Å². The molecule has 0 radical (unpaired) electrons. The Morgan fingerprint density at radius 3 is 2.64 bits per heavy atom. The molecule has 1 unspecified atom stereocenters. The zero-order chi connectivity index (χ0) is 25.1. The molecule has 7 heteroatoms. The van der Waals surface area contributed by atoms with Gasteiger partial charge in [0.25, 0.3) is 0 Å². The normalized spacial score (nSPS) is 18.2. The fourth-order valence-corrected chi connectivity index (χ4v) is 6.25. The van der Waals surface area contributed by atoms with Crippen LogP contribution in [-0.2, 0) is 0 Å². The Kier molecular flexibility index (Phi) is 7.85. The molecule has 36 heavy (non-hydrogen) atoms. The number of allylic oxidation sites excluding steroid dienone is 1. The smallest absolute Gasteiger partial charge is 0.132 e. The number of hydrogen-bond acceptors (Lipinski definition) is 4. The van der Waals surface area contributed by atoms with Crippen LogP contribution in [0.25, 0.3) is 11.1 Å². The summed E-state index contributed by atoms with van der Waals surface area (Å²) in [5.74, 6) is 1.30. The molecule has 0 spiro atoms. The quantitative estimate of drug-likeness (QED) is 0.327. The number of rotatable bonds is 7. The summed E-state index contributed by atoms with van der Waals surface area (Å²) in [4.78, 5) is 3.34. The van der Waals surface area contributed by atoms with Crippen molar-refractivity contribution in [3.8, 4) is 5.75 Å². The Bertz CT molecular complexity index is 1260. The fourth-order valence-electron chi connectivity index (χ4n) is 5.02. The van der Waals surface area contributed by atoms with Gasteiger partial charge in [-0.15, -0.1) is 11.8 Å². The second kappa shape index (κ2) is 11.2. The minimum Gasteiger partial charge on any atom is -0.489 e. The van der Waals surface area contributed by atoms with Crippen LogP contribution in [-0.4, -0.2) is 43.1 Å². The third kappa shape index (κ3) is 5.56. The molecule has 3 aromatic carbocycles. The molecule has 1 fully saturated rings. The number of ether oxygens (including phenoxy) is 1. The van der Waals surface area contributed by atoms with Gasteiger partial charge in [-0.25, -0.2) is 4.39 Å². The molecule has 2 heterocycles. The van der Waals surface area contributed by atoms with Crippen LogP contribution in [0.3, 0.4) is 0 Å². The molecular formula is C29H29ClF2N2OS. The van der Waals surface area contributed by atoms with Crippen LogP contribution >= 0.6 is 23.4 Å². The summed E-state index contributed by atoms with van der Waals surface area (Å²) < 4.78 is 33.8. The number of halogens is 3. The van der Waals surface area contributed by atoms with Crippen molar-refractivity contribution in [2.24, 2.45) is 0 Å². The molecule has 1 saturated heterocycles. The number of hydrogen-bond donors (Lipinski definition) is 1. The fraction of sp³-hybridized carbons (Fsp3) is 0.310. The van der Waals surface area contributed by atoms with E-state index in [-0.39, 0.29) is 18.6 Å². The van der Waals surface area contributed by atoms with Crippen LogP contribution in [0.4, 0.5) is 14.5 Å². The van der Waals surface area contributed by atoms with Crippen LogP contribution in [0.1, 0.15) is 36.0 Å². The summed E-state index contributed by atoms with van der Waals surface area (Å²) in [6, 6.07) is 18.9. The maximum absolute atomic E-state index is 15.1. The van der Waals surface area contributed by atoms with Gasteiger partial charge in [-0.05, 0) is 77.9 Å². The Morgan fingerprint density at radius 2 is 1.86 bits per heavy atom. The van der Waals surface area contributed by atoms with Crippen molar-refractivity contribution >= 4 is 40.2 Å². The number of nitrogens with zero attached hydrogens (tertiary/aromatic N) is 1. The van der Waals surface area contributed by atoms with Crippen LogP contribution in [0.2, 0.25) is 5.02 Å². The third-order valence-electron chi connectivity index (χ3n) is 6.73. The highest BCUT2D eigenvalue weighted by Crippen LogP contribution is 2.44. The molecule has 5 rings (SSSR count). The molecule has 0 bridgehead atoms. The molecule has 188 valence electrons. The van der Waals surface area contributed by atoms with Gasteiger partial charge in [0, 0.05) is 46.6 Å². The maximum atomic E-state index is 15.1. The molecule has 1 atom stereocenters. The van der Waals surface area contributed by atoms with Crippen LogP contribution in [0.5, 0.6) is 5.75 Å². The number of thioether (sulfide) groups is 1. The molecule has 3 aromatic rings. The van der Waals surface area contributed by atoms with Gasteiger partial charge in [-0.3, -0.25) is 9.29 Å². The van der Waals surface area contributed by atoms with Gasteiger partial charge < -0.3 is 10.5 Å². The number of benzene rings is 3. The number of nitrogen functional groups attached to an aromatic ring is 1. The first-order valence-corrected chi connectivity index (χ1v) is 13.6. The first-order valence-electron chi connectivity index (χ1n) is 12.3. The number of fused-ring (bicyclic) bond motifs is 1. The maximum Gasteiger partial charge on any atom is 0.132 e. The SMILES string of the molecule is Nc1ccc2c(c1)SCCC(c1ccc(Cl)cc1F)=C2c1ccc(OC2CCN(CCCF)C2)cc1. The predicted molar refractivity (Wildman–Crippen MR) is 146 cm³/mol. The average Bonchev–Trinajstić information content (AvgIpc) is 3.22. The lowest BCUT2D eigenvalue weighted by molar-refractivity contribution is 0.198. The first kappa shape index (κ1) is 25.1. The van der Waals surface area contributed by atoms with E-state index in [1.165, 1.54) is 6.07 Å². The number of nitrogens with two attached hydrogens (primary N) is 1. The minimum atomic E-state index is -0.322. The van der Waals surface area contributed by atoms with Crippen molar-refractivity contribution in [1.82, 2.24) is 4.90 Å². The highest BCUT2D eigenvalue weighted by molar-refractivity contribution is 7.99. The molecule has 3 nitrogen and oxygen atoms in total. The van der Waals surface area contributed by atoms with Gasteiger partial charge in [0.2, 0.25) is 0 Å².